The summed E-state index contributed by atoms with van der Waals surface area (Å²) in [5.41, 5.74) is 0.918. The Bertz CT molecular complexity index is 1330. The molecule has 0 saturated heterocycles. The van der Waals surface area contributed by atoms with Crippen LogP contribution in [0.15, 0.2) is 49.1 Å². The van der Waals surface area contributed by atoms with Gasteiger partial charge in [-0.25, -0.2) is 9.59 Å². The van der Waals surface area contributed by atoms with Gasteiger partial charge < -0.3 is 23.7 Å². The number of thiophene rings is 1. The number of esters is 2. The van der Waals surface area contributed by atoms with E-state index in [4.69, 9.17) is 23.7 Å². The summed E-state index contributed by atoms with van der Waals surface area (Å²) in [6, 6.07) is 10.8. The number of hydrogen-bond acceptors (Lipinski definition) is 9. The van der Waals surface area contributed by atoms with Crippen LogP contribution in [-0.2, 0) is 35.0 Å². The molecule has 0 amide bonds. The number of hydrogen-bond donors (Lipinski definition) is 0. The molecule has 0 bridgehead atoms. The molecular formula is C41H56O8S. The van der Waals surface area contributed by atoms with Crippen LogP contribution in [0.2, 0.25) is 0 Å². The van der Waals surface area contributed by atoms with Gasteiger partial charge in [-0.05, 0) is 80.7 Å². The lowest BCUT2D eigenvalue weighted by Crippen LogP contribution is -2.27. The zero-order valence-corrected chi connectivity index (χ0v) is 30.7. The van der Waals surface area contributed by atoms with E-state index >= 15 is 0 Å². The summed E-state index contributed by atoms with van der Waals surface area (Å²) < 4.78 is 27.6. The Hall–Kier alpha value is -3.45. The normalized spacial score (nSPS) is 15.5. The molecule has 0 radical (unpaired) electrons. The molecule has 1 fully saturated rings. The molecule has 1 saturated carbocycles. The fourth-order valence-electron chi connectivity index (χ4n) is 5.79. The van der Waals surface area contributed by atoms with E-state index in [1.165, 1.54) is 37.0 Å². The zero-order chi connectivity index (χ0) is 35.7. The average molecular weight is 709 g/mol. The van der Waals surface area contributed by atoms with Crippen molar-refractivity contribution >= 4 is 29.1 Å². The Kier molecular flexibility index (Phi) is 20.9. The monoisotopic (exact) mass is 708 g/mol. The highest BCUT2D eigenvalue weighted by atomic mass is 32.1. The summed E-state index contributed by atoms with van der Waals surface area (Å²) in [6.45, 7) is 8.39. The third-order valence-corrected chi connectivity index (χ3v) is 9.59. The van der Waals surface area contributed by atoms with Crippen LogP contribution in [0, 0.1) is 17.8 Å². The first-order valence-corrected chi connectivity index (χ1v) is 19.3. The van der Waals surface area contributed by atoms with Gasteiger partial charge in [0.25, 0.3) is 0 Å². The van der Waals surface area contributed by atoms with Gasteiger partial charge in [0.2, 0.25) is 0 Å². The Morgan fingerprint density at radius 2 is 1.48 bits per heavy atom. The molecule has 50 heavy (non-hydrogen) atoms. The van der Waals surface area contributed by atoms with E-state index in [1.54, 1.807) is 12.1 Å². The van der Waals surface area contributed by atoms with Gasteiger partial charge in [-0.2, -0.15) is 0 Å². The van der Waals surface area contributed by atoms with Crippen molar-refractivity contribution in [2.45, 2.75) is 116 Å². The summed E-state index contributed by atoms with van der Waals surface area (Å²) in [5.74, 6) is 5.12. The van der Waals surface area contributed by atoms with E-state index in [0.717, 1.165) is 98.8 Å². The van der Waals surface area contributed by atoms with Crippen LogP contribution >= 0.6 is 11.3 Å². The van der Waals surface area contributed by atoms with Gasteiger partial charge in [0.15, 0.2) is 5.06 Å². The number of carbonyl (C=O) groups excluding carboxylic acids is 3. The average Bonchev–Trinajstić information content (AvgIpc) is 3.59. The van der Waals surface area contributed by atoms with E-state index < -0.39 is 11.9 Å². The summed E-state index contributed by atoms with van der Waals surface area (Å²) in [4.78, 5) is 36.9. The maximum absolute atomic E-state index is 12.9. The first kappa shape index (κ1) is 41.0. The lowest BCUT2D eigenvalue weighted by Gasteiger charge is -2.27. The first-order chi connectivity index (χ1) is 24.5. The van der Waals surface area contributed by atoms with Crippen LogP contribution < -0.4 is 9.47 Å². The third kappa shape index (κ3) is 18.0. The molecule has 3 rings (SSSR count). The predicted molar refractivity (Wildman–Crippen MR) is 198 cm³/mol. The molecule has 0 N–H and O–H groups in total. The molecule has 1 aromatic carbocycles. The van der Waals surface area contributed by atoms with E-state index in [9.17, 15) is 14.4 Å². The van der Waals surface area contributed by atoms with Gasteiger partial charge in [0, 0.05) is 37.5 Å². The summed E-state index contributed by atoms with van der Waals surface area (Å²) >= 11 is 1.40. The van der Waals surface area contributed by atoms with E-state index in [0.29, 0.717) is 38.1 Å². The van der Waals surface area contributed by atoms with Crippen molar-refractivity contribution in [3.63, 3.8) is 0 Å². The van der Waals surface area contributed by atoms with Gasteiger partial charge in [-0.3, -0.25) is 4.79 Å². The van der Waals surface area contributed by atoms with Crippen LogP contribution in [0.25, 0.3) is 0 Å². The standard InChI is InChI=1S/C41H56O8S/c1-3-5-6-9-13-28-46-35-21-17-34(18-22-35)38(42)32-33-15-19-36(20-16-33)49-40(44)25-23-37-24-26-41(50-37)48-29-14-11-8-7-10-12-27-45-30-31-47-39(43)4-2/h4,15-16,19-20,24,26,34-35H,2-3,5-14,17-18,21-22,27-32H2,1H3. The number of carbonyl (C=O) groups is 3. The second-order valence-corrected chi connectivity index (χ2v) is 13.8. The second-order valence-electron chi connectivity index (χ2n) is 12.8. The largest absolute Gasteiger partial charge is 0.484 e. The maximum Gasteiger partial charge on any atom is 0.390 e. The fourth-order valence-corrected chi connectivity index (χ4v) is 6.52. The minimum atomic E-state index is -0.634. The fraction of sp³-hybridized carbons (Fsp3) is 0.585. The van der Waals surface area contributed by atoms with Crippen LogP contribution in [0.4, 0.5) is 0 Å². The van der Waals surface area contributed by atoms with Gasteiger partial charge in [0.05, 0.1) is 24.2 Å². The molecular weight excluding hydrogens is 653 g/mol. The molecule has 8 nitrogen and oxygen atoms in total. The first-order valence-electron chi connectivity index (χ1n) is 18.5. The van der Waals surface area contributed by atoms with Gasteiger partial charge in [0.1, 0.15) is 18.1 Å². The molecule has 0 spiro atoms. The van der Waals surface area contributed by atoms with Crippen molar-refractivity contribution in [2.75, 3.05) is 33.0 Å². The van der Waals surface area contributed by atoms with Crippen molar-refractivity contribution < 1.29 is 38.1 Å². The molecule has 1 aliphatic rings. The smallest absolute Gasteiger partial charge is 0.390 e. The maximum atomic E-state index is 12.9. The number of rotatable bonds is 25. The molecule has 1 aromatic heterocycles. The molecule has 0 atom stereocenters. The van der Waals surface area contributed by atoms with Crippen molar-refractivity contribution in [1.29, 1.82) is 0 Å². The Balaban J connectivity index is 1.22. The topological polar surface area (TPSA) is 97.4 Å². The van der Waals surface area contributed by atoms with Crippen LogP contribution in [0.1, 0.15) is 114 Å². The number of unbranched alkanes of at least 4 members (excludes halogenated alkanes) is 9. The van der Waals surface area contributed by atoms with Crippen LogP contribution in [0.5, 0.6) is 10.8 Å². The molecule has 274 valence electrons. The lowest BCUT2D eigenvalue weighted by molar-refractivity contribution is -0.139. The molecule has 0 unspecified atom stereocenters. The molecule has 1 aliphatic carbocycles. The number of benzene rings is 1. The second kappa shape index (κ2) is 25.5. The van der Waals surface area contributed by atoms with Gasteiger partial charge in [-0.1, -0.05) is 88.3 Å². The Labute approximate surface area is 303 Å². The van der Waals surface area contributed by atoms with Crippen LogP contribution in [-0.4, -0.2) is 56.9 Å². The van der Waals surface area contributed by atoms with Gasteiger partial charge >= 0.3 is 11.9 Å². The zero-order valence-electron chi connectivity index (χ0n) is 29.9. The molecule has 9 heteroatoms. The summed E-state index contributed by atoms with van der Waals surface area (Å²) in [7, 11) is 0. The van der Waals surface area contributed by atoms with E-state index in [2.05, 4.69) is 25.3 Å². The van der Waals surface area contributed by atoms with Gasteiger partial charge in [-0.15, -0.1) is 0 Å². The molecule has 1 heterocycles. The highest BCUT2D eigenvalue weighted by Gasteiger charge is 2.26. The molecule has 2 aromatic rings. The minimum Gasteiger partial charge on any atom is -0.484 e. The minimum absolute atomic E-state index is 0.0958. The highest BCUT2D eigenvalue weighted by Crippen LogP contribution is 2.28. The third-order valence-electron chi connectivity index (χ3n) is 8.68. The Morgan fingerprint density at radius 1 is 0.800 bits per heavy atom. The number of ether oxygens (including phenoxy) is 5. The van der Waals surface area contributed by atoms with Crippen molar-refractivity contribution in [2.24, 2.45) is 5.92 Å². The summed E-state index contributed by atoms with van der Waals surface area (Å²) in [5, 5.41) is 0.776. The van der Waals surface area contributed by atoms with E-state index in [1.807, 2.05) is 24.3 Å². The van der Waals surface area contributed by atoms with Crippen molar-refractivity contribution in [3.8, 4) is 22.7 Å². The number of Topliss-reactive ketones (excluding diaryl/α,β-unsaturated/α-hetero) is 1. The predicted octanol–water partition coefficient (Wildman–Crippen LogP) is 8.83. The van der Waals surface area contributed by atoms with Crippen molar-refractivity contribution in [3.05, 3.63) is 59.5 Å². The van der Waals surface area contributed by atoms with Crippen molar-refractivity contribution in [1.82, 2.24) is 0 Å². The van der Waals surface area contributed by atoms with E-state index in [-0.39, 0.29) is 18.3 Å². The summed E-state index contributed by atoms with van der Waals surface area (Å²) in [6.07, 6.45) is 18.2. The molecule has 0 aliphatic heterocycles. The van der Waals surface area contributed by atoms with Crippen LogP contribution in [0.3, 0.4) is 0 Å². The SMILES string of the molecule is C=CC(=O)OCCOCCCCCCCCOc1ccc(C#CC(=O)Oc2ccc(CC(=O)C3CCC(OCCCCCCC)CC3)cc2)s1. The Morgan fingerprint density at radius 3 is 2.20 bits per heavy atom. The lowest BCUT2D eigenvalue weighted by atomic mass is 9.83. The number of ketones is 1. The quantitative estimate of drug-likeness (QED) is 0.0332. The highest BCUT2D eigenvalue weighted by molar-refractivity contribution is 7.14.